The molecule has 0 saturated heterocycles. The predicted molar refractivity (Wildman–Crippen MR) is 74.7 cm³/mol. The van der Waals surface area contributed by atoms with Gasteiger partial charge in [0.2, 0.25) is 5.91 Å². The van der Waals surface area contributed by atoms with Gasteiger partial charge in [0.05, 0.1) is 12.6 Å². The topological polar surface area (TPSA) is 84.6 Å². The van der Waals surface area contributed by atoms with Crippen LogP contribution in [0.25, 0.3) is 0 Å². The summed E-state index contributed by atoms with van der Waals surface area (Å²) >= 11 is 0. The van der Waals surface area contributed by atoms with E-state index in [9.17, 15) is 4.79 Å². The summed E-state index contributed by atoms with van der Waals surface area (Å²) in [5.74, 6) is -0.0349. The summed E-state index contributed by atoms with van der Waals surface area (Å²) in [6.45, 7) is 0.445. The van der Waals surface area contributed by atoms with Crippen molar-refractivity contribution in [2.24, 2.45) is 0 Å². The maximum atomic E-state index is 11.8. The van der Waals surface area contributed by atoms with E-state index >= 15 is 0 Å². The molecule has 0 aliphatic heterocycles. The largest absolute Gasteiger partial charge is 0.399 e. The SMILES string of the molecule is COCC(CCO)NC(=O)CCc1ccc(N)cc1. The number of hydrogen-bond acceptors (Lipinski definition) is 4. The van der Waals surface area contributed by atoms with Gasteiger partial charge in [0.1, 0.15) is 0 Å². The summed E-state index contributed by atoms with van der Waals surface area (Å²) in [6.07, 6.45) is 1.59. The number of nitrogens with two attached hydrogens (primary N) is 1. The summed E-state index contributed by atoms with van der Waals surface area (Å²) < 4.78 is 4.99. The van der Waals surface area contributed by atoms with Crippen molar-refractivity contribution >= 4 is 11.6 Å². The van der Waals surface area contributed by atoms with E-state index < -0.39 is 0 Å². The van der Waals surface area contributed by atoms with E-state index in [0.29, 0.717) is 25.9 Å². The van der Waals surface area contributed by atoms with Crippen LogP contribution in [0.15, 0.2) is 24.3 Å². The van der Waals surface area contributed by atoms with Gasteiger partial charge in [-0.1, -0.05) is 12.1 Å². The molecule has 0 fully saturated rings. The van der Waals surface area contributed by atoms with Gasteiger partial charge < -0.3 is 20.9 Å². The molecule has 1 atom stereocenters. The van der Waals surface area contributed by atoms with Crippen molar-refractivity contribution < 1.29 is 14.6 Å². The van der Waals surface area contributed by atoms with Crippen molar-refractivity contribution in [3.8, 4) is 0 Å². The van der Waals surface area contributed by atoms with Gasteiger partial charge in [-0.05, 0) is 30.5 Å². The quantitative estimate of drug-likeness (QED) is 0.605. The fourth-order valence-corrected chi connectivity index (χ4v) is 1.80. The van der Waals surface area contributed by atoms with E-state index in [0.717, 1.165) is 11.3 Å². The Balaban J connectivity index is 2.35. The molecule has 106 valence electrons. The molecule has 5 heteroatoms. The van der Waals surface area contributed by atoms with Crippen molar-refractivity contribution in [1.29, 1.82) is 0 Å². The van der Waals surface area contributed by atoms with Crippen molar-refractivity contribution in [3.63, 3.8) is 0 Å². The van der Waals surface area contributed by atoms with Crippen LogP contribution in [0, 0.1) is 0 Å². The number of carbonyl (C=O) groups excluding carboxylic acids is 1. The molecule has 1 unspecified atom stereocenters. The summed E-state index contributed by atoms with van der Waals surface area (Å²) in [6, 6.07) is 7.36. The molecule has 0 spiro atoms. The molecule has 5 nitrogen and oxygen atoms in total. The van der Waals surface area contributed by atoms with Gasteiger partial charge in [-0.15, -0.1) is 0 Å². The van der Waals surface area contributed by atoms with Crippen LogP contribution in [0.4, 0.5) is 5.69 Å². The zero-order chi connectivity index (χ0) is 14.1. The van der Waals surface area contributed by atoms with Crippen LogP contribution in [-0.4, -0.2) is 37.4 Å². The number of carbonyl (C=O) groups is 1. The average Bonchev–Trinajstić information content (AvgIpc) is 2.39. The number of benzene rings is 1. The highest BCUT2D eigenvalue weighted by molar-refractivity contribution is 5.76. The summed E-state index contributed by atoms with van der Waals surface area (Å²) in [5, 5.41) is 11.7. The lowest BCUT2D eigenvalue weighted by Gasteiger charge is -2.16. The smallest absolute Gasteiger partial charge is 0.220 e. The lowest BCUT2D eigenvalue weighted by molar-refractivity contribution is -0.122. The van der Waals surface area contributed by atoms with Gasteiger partial charge in [-0.2, -0.15) is 0 Å². The third-order valence-corrected chi connectivity index (χ3v) is 2.83. The number of methoxy groups -OCH3 is 1. The number of hydrogen-bond donors (Lipinski definition) is 3. The Hall–Kier alpha value is -1.59. The number of amides is 1. The Bertz CT molecular complexity index is 373. The van der Waals surface area contributed by atoms with Crippen LogP contribution in [0.1, 0.15) is 18.4 Å². The highest BCUT2D eigenvalue weighted by atomic mass is 16.5. The molecule has 19 heavy (non-hydrogen) atoms. The Labute approximate surface area is 113 Å². The van der Waals surface area contributed by atoms with E-state index in [1.165, 1.54) is 0 Å². The van der Waals surface area contributed by atoms with Gasteiger partial charge in [0, 0.05) is 25.8 Å². The van der Waals surface area contributed by atoms with E-state index in [1.54, 1.807) is 7.11 Å². The van der Waals surface area contributed by atoms with E-state index in [4.69, 9.17) is 15.6 Å². The third kappa shape index (κ3) is 6.22. The first-order valence-corrected chi connectivity index (χ1v) is 6.39. The van der Waals surface area contributed by atoms with Gasteiger partial charge in [0.25, 0.3) is 0 Å². The van der Waals surface area contributed by atoms with Crippen molar-refractivity contribution in [2.75, 3.05) is 26.1 Å². The molecular weight excluding hydrogens is 244 g/mol. The van der Waals surface area contributed by atoms with Crippen LogP contribution >= 0.6 is 0 Å². The maximum Gasteiger partial charge on any atom is 0.220 e. The van der Waals surface area contributed by atoms with Gasteiger partial charge >= 0.3 is 0 Å². The molecule has 0 radical (unpaired) electrons. The maximum absolute atomic E-state index is 11.8. The van der Waals surface area contributed by atoms with Crippen molar-refractivity contribution in [2.45, 2.75) is 25.3 Å². The first kappa shape index (κ1) is 15.5. The standard InChI is InChI=1S/C14H22N2O3/c1-19-10-13(8-9-17)16-14(18)7-4-11-2-5-12(15)6-3-11/h2-3,5-6,13,17H,4,7-10,15H2,1H3,(H,16,18). The Morgan fingerprint density at radius 1 is 1.42 bits per heavy atom. The number of aliphatic hydroxyl groups excluding tert-OH is 1. The minimum Gasteiger partial charge on any atom is -0.399 e. The second-order valence-corrected chi connectivity index (χ2v) is 4.47. The second kappa shape index (κ2) is 8.50. The number of nitrogen functional groups attached to an aromatic ring is 1. The van der Waals surface area contributed by atoms with Crippen LogP contribution in [0.5, 0.6) is 0 Å². The van der Waals surface area contributed by atoms with E-state index in [2.05, 4.69) is 5.32 Å². The molecule has 0 heterocycles. The second-order valence-electron chi connectivity index (χ2n) is 4.47. The van der Waals surface area contributed by atoms with Crippen LogP contribution in [-0.2, 0) is 16.0 Å². The highest BCUT2D eigenvalue weighted by Gasteiger charge is 2.11. The molecule has 1 aromatic rings. The molecular formula is C14H22N2O3. The molecule has 1 amide bonds. The number of aryl methyl sites for hydroxylation is 1. The van der Waals surface area contributed by atoms with E-state index in [-0.39, 0.29) is 18.6 Å². The van der Waals surface area contributed by atoms with Crippen molar-refractivity contribution in [1.82, 2.24) is 5.32 Å². The summed E-state index contributed by atoms with van der Waals surface area (Å²) in [5.41, 5.74) is 7.40. The number of rotatable bonds is 8. The Kier molecular flexibility index (Phi) is 6.92. The molecule has 0 saturated carbocycles. The lowest BCUT2D eigenvalue weighted by Crippen LogP contribution is -2.38. The summed E-state index contributed by atoms with van der Waals surface area (Å²) in [7, 11) is 1.57. The van der Waals surface area contributed by atoms with Crippen LogP contribution < -0.4 is 11.1 Å². The first-order valence-electron chi connectivity index (χ1n) is 6.39. The fraction of sp³-hybridized carbons (Fsp3) is 0.500. The normalized spacial score (nSPS) is 12.1. The minimum absolute atomic E-state index is 0.0340. The van der Waals surface area contributed by atoms with Gasteiger partial charge in [-0.25, -0.2) is 0 Å². The zero-order valence-corrected chi connectivity index (χ0v) is 11.3. The lowest BCUT2D eigenvalue weighted by atomic mass is 10.1. The molecule has 4 N–H and O–H groups in total. The Morgan fingerprint density at radius 2 is 2.11 bits per heavy atom. The predicted octanol–water partition coefficient (Wildman–Crippen LogP) is 0.715. The van der Waals surface area contributed by atoms with Gasteiger partial charge in [-0.3, -0.25) is 4.79 Å². The molecule has 1 rings (SSSR count). The molecule has 0 bridgehead atoms. The zero-order valence-electron chi connectivity index (χ0n) is 11.3. The molecule has 0 aromatic heterocycles. The van der Waals surface area contributed by atoms with Crippen molar-refractivity contribution in [3.05, 3.63) is 29.8 Å². The fourth-order valence-electron chi connectivity index (χ4n) is 1.80. The summed E-state index contributed by atoms with van der Waals surface area (Å²) in [4.78, 5) is 11.8. The molecule has 1 aromatic carbocycles. The number of nitrogens with one attached hydrogen (secondary N) is 1. The van der Waals surface area contributed by atoms with Crippen LogP contribution in [0.3, 0.4) is 0 Å². The number of anilines is 1. The minimum atomic E-state index is -0.131. The highest BCUT2D eigenvalue weighted by Crippen LogP contribution is 2.07. The number of aliphatic hydroxyl groups is 1. The van der Waals surface area contributed by atoms with Gasteiger partial charge in [0.15, 0.2) is 0 Å². The van der Waals surface area contributed by atoms with Crippen LogP contribution in [0.2, 0.25) is 0 Å². The molecule has 0 aliphatic rings. The third-order valence-electron chi connectivity index (χ3n) is 2.83. The average molecular weight is 266 g/mol. The van der Waals surface area contributed by atoms with E-state index in [1.807, 2.05) is 24.3 Å². The Morgan fingerprint density at radius 3 is 2.68 bits per heavy atom. The first-order chi connectivity index (χ1) is 9.15. The molecule has 0 aliphatic carbocycles. The number of ether oxygens (including phenoxy) is 1. The monoisotopic (exact) mass is 266 g/mol.